The second kappa shape index (κ2) is 8.88. The maximum Gasteiger partial charge on any atom is 0.233 e. The van der Waals surface area contributed by atoms with E-state index in [4.69, 9.17) is 11.6 Å². The van der Waals surface area contributed by atoms with Crippen LogP contribution in [0.4, 0.5) is 0 Å². The van der Waals surface area contributed by atoms with Crippen LogP contribution in [0.25, 0.3) is 0 Å². The van der Waals surface area contributed by atoms with Crippen molar-refractivity contribution in [3.05, 3.63) is 33.5 Å². The molecule has 1 saturated heterocycles. The molecule has 2 heterocycles. The van der Waals surface area contributed by atoms with Gasteiger partial charge >= 0.3 is 0 Å². The van der Waals surface area contributed by atoms with Gasteiger partial charge in [-0.2, -0.15) is 0 Å². The summed E-state index contributed by atoms with van der Waals surface area (Å²) in [5.41, 5.74) is 0. The number of thiophene rings is 1. The number of nitrogens with zero attached hydrogens (tertiary/aromatic N) is 2. The first-order chi connectivity index (χ1) is 14.1. The number of fused-ring (bicyclic) bond motifs is 5. The lowest BCUT2D eigenvalue weighted by atomic mass is 9.85. The van der Waals surface area contributed by atoms with Gasteiger partial charge in [0.1, 0.15) is 0 Å². The fraction of sp³-hybridized carbons (Fsp3) is 0.571. The summed E-state index contributed by atoms with van der Waals surface area (Å²) in [5, 5.41) is 6.56. The van der Waals surface area contributed by atoms with Gasteiger partial charge in [-0.25, -0.2) is 0 Å². The third kappa shape index (κ3) is 4.21. The summed E-state index contributed by atoms with van der Waals surface area (Å²) in [7, 11) is 0. The number of guanidine groups is 1. The maximum atomic E-state index is 12.7. The third-order valence-electron chi connectivity index (χ3n) is 6.01. The molecule has 0 spiro atoms. The minimum Gasteiger partial charge on any atom is -0.357 e. The van der Waals surface area contributed by atoms with Gasteiger partial charge in [-0.1, -0.05) is 23.8 Å². The zero-order valence-electron chi connectivity index (χ0n) is 16.6. The Morgan fingerprint density at radius 2 is 1.93 bits per heavy atom. The van der Waals surface area contributed by atoms with Gasteiger partial charge in [0, 0.05) is 31.1 Å². The average Bonchev–Trinajstić information content (AvgIpc) is 3.46. The van der Waals surface area contributed by atoms with Crippen LogP contribution < -0.4 is 10.6 Å². The zero-order valence-corrected chi connectivity index (χ0v) is 18.1. The zero-order chi connectivity index (χ0) is 20.4. The highest BCUT2D eigenvalue weighted by atomic mass is 35.5. The lowest BCUT2D eigenvalue weighted by molar-refractivity contribution is -0.140. The second-order valence-corrected chi connectivity index (χ2v) is 9.62. The summed E-state index contributed by atoms with van der Waals surface area (Å²) in [6.07, 6.45) is 6.79. The van der Waals surface area contributed by atoms with E-state index in [1.807, 2.05) is 19.1 Å². The minimum absolute atomic E-state index is 0.0282. The lowest BCUT2D eigenvalue weighted by Gasteiger charge is -2.17. The topological polar surface area (TPSA) is 73.8 Å². The highest BCUT2D eigenvalue weighted by Crippen LogP contribution is 2.52. The summed E-state index contributed by atoms with van der Waals surface area (Å²) in [5.74, 6) is 1.14. The van der Waals surface area contributed by atoms with Crippen LogP contribution in [0.15, 0.2) is 29.3 Å². The molecule has 2 bridgehead atoms. The van der Waals surface area contributed by atoms with Crippen LogP contribution >= 0.6 is 22.9 Å². The largest absolute Gasteiger partial charge is 0.357 e. The summed E-state index contributed by atoms with van der Waals surface area (Å²) in [6, 6.07) is 3.96. The first kappa shape index (κ1) is 20.4. The molecule has 1 saturated carbocycles. The van der Waals surface area contributed by atoms with E-state index in [1.54, 1.807) is 11.3 Å². The second-order valence-electron chi connectivity index (χ2n) is 7.82. The smallest absolute Gasteiger partial charge is 0.233 e. The molecule has 0 radical (unpaired) electrons. The van der Waals surface area contributed by atoms with Crippen molar-refractivity contribution in [3.63, 3.8) is 0 Å². The minimum atomic E-state index is -0.106. The summed E-state index contributed by atoms with van der Waals surface area (Å²) in [6.45, 7) is 4.60. The molecule has 1 aromatic rings. The Kier molecular flexibility index (Phi) is 6.25. The number of amides is 2. The number of nitrogens with one attached hydrogen (secondary N) is 2. The molecule has 6 nitrogen and oxygen atoms in total. The average molecular weight is 435 g/mol. The molecule has 4 atom stereocenters. The van der Waals surface area contributed by atoms with Crippen molar-refractivity contribution in [3.8, 4) is 0 Å². The van der Waals surface area contributed by atoms with Crippen molar-refractivity contribution in [1.82, 2.24) is 15.5 Å². The normalized spacial score (nSPS) is 27.8. The number of rotatable bonds is 8. The number of aliphatic imine (C=N–C) groups is 1. The Labute approximate surface area is 180 Å². The van der Waals surface area contributed by atoms with Gasteiger partial charge in [0.05, 0.1) is 16.2 Å². The van der Waals surface area contributed by atoms with Crippen molar-refractivity contribution in [1.29, 1.82) is 0 Å². The van der Waals surface area contributed by atoms with Crippen LogP contribution in [0.3, 0.4) is 0 Å². The first-order valence-corrected chi connectivity index (χ1v) is 11.6. The van der Waals surface area contributed by atoms with Gasteiger partial charge in [0.15, 0.2) is 5.96 Å². The van der Waals surface area contributed by atoms with Gasteiger partial charge in [-0.15, -0.1) is 11.3 Å². The van der Waals surface area contributed by atoms with Crippen LogP contribution in [-0.2, 0) is 16.0 Å². The van der Waals surface area contributed by atoms with Gasteiger partial charge in [-0.05, 0) is 50.2 Å². The molecule has 1 aliphatic heterocycles. The molecule has 1 aromatic heterocycles. The molecule has 2 fully saturated rings. The molecule has 8 heteroatoms. The van der Waals surface area contributed by atoms with Crippen molar-refractivity contribution < 1.29 is 9.59 Å². The van der Waals surface area contributed by atoms with Crippen molar-refractivity contribution in [2.24, 2.45) is 28.7 Å². The molecule has 156 valence electrons. The van der Waals surface area contributed by atoms with E-state index in [-0.39, 0.29) is 35.5 Å². The molecule has 2 aliphatic carbocycles. The molecule has 2 amide bonds. The molecular formula is C21H27ClN4O2S. The number of halogens is 1. The quantitative estimate of drug-likeness (QED) is 0.217. The van der Waals surface area contributed by atoms with Crippen molar-refractivity contribution in [2.45, 2.75) is 26.2 Å². The van der Waals surface area contributed by atoms with Crippen molar-refractivity contribution >= 4 is 40.7 Å². The Balaban J connectivity index is 1.24. The number of carbonyl (C=O) groups is 2. The number of imide groups is 1. The van der Waals surface area contributed by atoms with Crippen LogP contribution in [0, 0.1) is 23.7 Å². The fourth-order valence-corrected chi connectivity index (χ4v) is 5.82. The van der Waals surface area contributed by atoms with Crippen LogP contribution in [0.5, 0.6) is 0 Å². The first-order valence-electron chi connectivity index (χ1n) is 10.4. The molecule has 4 unspecified atom stereocenters. The Morgan fingerprint density at radius 1 is 1.21 bits per heavy atom. The number of carbonyl (C=O) groups excluding carboxylic acids is 2. The monoisotopic (exact) mass is 434 g/mol. The lowest BCUT2D eigenvalue weighted by Crippen LogP contribution is -2.38. The van der Waals surface area contributed by atoms with E-state index in [0.29, 0.717) is 19.5 Å². The standard InChI is InChI=1S/C21H27ClN4O2S/c1-2-23-21(25-10-8-15-6-7-16(22)29-15)24-9-3-11-26-19(27)17-13-4-5-14(12-13)18(17)20(26)28/h4-7,13-14,17-18H,2-3,8-12H2,1H3,(H2,23,24,25). The molecule has 3 aliphatic rings. The summed E-state index contributed by atoms with van der Waals surface area (Å²) < 4.78 is 0.805. The van der Waals surface area contributed by atoms with E-state index in [1.165, 1.54) is 9.78 Å². The summed E-state index contributed by atoms with van der Waals surface area (Å²) in [4.78, 5) is 32.7. The molecular weight excluding hydrogens is 408 g/mol. The molecule has 4 rings (SSSR count). The highest BCUT2D eigenvalue weighted by molar-refractivity contribution is 7.16. The van der Waals surface area contributed by atoms with E-state index in [2.05, 4.69) is 27.8 Å². The van der Waals surface area contributed by atoms with E-state index < -0.39 is 0 Å². The van der Waals surface area contributed by atoms with Gasteiger partial charge in [0.2, 0.25) is 11.8 Å². The fourth-order valence-electron chi connectivity index (χ4n) is 4.74. The number of hydrogen-bond donors (Lipinski definition) is 2. The Bertz CT molecular complexity index is 806. The van der Waals surface area contributed by atoms with Crippen LogP contribution in [-0.4, -0.2) is 48.9 Å². The predicted molar refractivity (Wildman–Crippen MR) is 116 cm³/mol. The maximum absolute atomic E-state index is 12.7. The number of allylic oxidation sites excluding steroid dienone is 2. The molecule has 2 N–H and O–H groups in total. The highest BCUT2D eigenvalue weighted by Gasteiger charge is 2.58. The Morgan fingerprint density at radius 3 is 2.55 bits per heavy atom. The third-order valence-corrected chi connectivity index (χ3v) is 7.30. The molecule has 29 heavy (non-hydrogen) atoms. The number of likely N-dealkylation sites (tertiary alicyclic amines) is 1. The van der Waals surface area contributed by atoms with E-state index in [0.717, 1.165) is 36.2 Å². The predicted octanol–water partition coefficient (Wildman–Crippen LogP) is 2.70. The molecule has 0 aromatic carbocycles. The van der Waals surface area contributed by atoms with Gasteiger partial charge < -0.3 is 10.6 Å². The van der Waals surface area contributed by atoms with Crippen LogP contribution in [0.1, 0.15) is 24.6 Å². The Hall–Kier alpha value is -1.86. The number of hydrogen-bond acceptors (Lipinski definition) is 4. The van der Waals surface area contributed by atoms with Gasteiger partial charge in [-0.3, -0.25) is 19.5 Å². The van der Waals surface area contributed by atoms with E-state index >= 15 is 0 Å². The van der Waals surface area contributed by atoms with Crippen LogP contribution in [0.2, 0.25) is 4.34 Å². The SMILES string of the molecule is CCNC(=NCCCN1C(=O)C2C3C=CC(C3)C2C1=O)NCCc1ccc(Cl)s1. The van der Waals surface area contributed by atoms with E-state index in [9.17, 15) is 9.59 Å². The summed E-state index contributed by atoms with van der Waals surface area (Å²) >= 11 is 7.56. The van der Waals surface area contributed by atoms with Crippen molar-refractivity contribution in [2.75, 3.05) is 26.2 Å². The van der Waals surface area contributed by atoms with Gasteiger partial charge in [0.25, 0.3) is 0 Å².